The summed E-state index contributed by atoms with van der Waals surface area (Å²) < 4.78 is 21.7. The number of hydrogen-bond donors (Lipinski definition) is 0. The lowest BCUT2D eigenvalue weighted by molar-refractivity contribution is -0.119. The van der Waals surface area contributed by atoms with Crippen LogP contribution in [0.25, 0.3) is 11.3 Å². The summed E-state index contributed by atoms with van der Waals surface area (Å²) in [6.45, 7) is 8.15. The summed E-state index contributed by atoms with van der Waals surface area (Å²) in [6, 6.07) is 0.320. The van der Waals surface area contributed by atoms with Gasteiger partial charge in [-0.25, -0.2) is 19.9 Å². The molecular formula is C32H43N7O5. The van der Waals surface area contributed by atoms with Crippen molar-refractivity contribution in [2.45, 2.75) is 83.3 Å². The lowest BCUT2D eigenvalue weighted by atomic mass is 9.83. The number of methoxy groups -OCH3 is 2. The van der Waals surface area contributed by atoms with Crippen molar-refractivity contribution >= 4 is 11.7 Å². The maximum absolute atomic E-state index is 13.5. The molecule has 5 rings (SSSR count). The van der Waals surface area contributed by atoms with E-state index in [0.717, 1.165) is 49.1 Å². The standard InChI is InChI=1S/C32H43N7O5/c1-32(2,3)25-16-34-27(38-30(25)44-24-19-43-20-24)13-21-8-10-23(11-9-21)39(29(40)7-6-12-41-4)28-18-33-26(17-35-28)22-14-36-31(42-5)37-15-22/h14-18,21,23-24H,6-13,19-20H2,1-5H3. The third-order valence-electron chi connectivity index (χ3n) is 8.15. The Morgan fingerprint density at radius 2 is 1.70 bits per heavy atom. The van der Waals surface area contributed by atoms with Crippen LogP contribution in [0.15, 0.2) is 31.0 Å². The van der Waals surface area contributed by atoms with Gasteiger partial charge >= 0.3 is 6.01 Å². The van der Waals surface area contributed by atoms with Gasteiger partial charge in [0.2, 0.25) is 11.8 Å². The molecule has 3 aromatic rings. The molecule has 0 atom stereocenters. The summed E-state index contributed by atoms with van der Waals surface area (Å²) >= 11 is 0. The SMILES string of the molecule is COCCCC(=O)N(c1cnc(-c2cnc(OC)nc2)cn1)C1CCC(Cc2ncc(C(C)(C)C)c(OC3COC3)n2)CC1. The van der Waals surface area contributed by atoms with E-state index in [2.05, 4.69) is 40.7 Å². The molecule has 0 spiro atoms. The van der Waals surface area contributed by atoms with E-state index in [1.54, 1.807) is 31.9 Å². The molecule has 0 unspecified atom stereocenters. The highest BCUT2D eigenvalue weighted by molar-refractivity contribution is 5.93. The Labute approximate surface area is 259 Å². The van der Waals surface area contributed by atoms with Crippen molar-refractivity contribution in [2.24, 2.45) is 5.92 Å². The first-order valence-corrected chi connectivity index (χ1v) is 15.4. The summed E-state index contributed by atoms with van der Waals surface area (Å²) in [7, 11) is 3.17. The predicted molar refractivity (Wildman–Crippen MR) is 164 cm³/mol. The van der Waals surface area contributed by atoms with Crippen molar-refractivity contribution < 1.29 is 23.7 Å². The number of nitrogens with zero attached hydrogens (tertiary/aromatic N) is 7. The van der Waals surface area contributed by atoms with E-state index in [1.165, 1.54) is 7.11 Å². The third-order valence-corrected chi connectivity index (χ3v) is 8.15. The number of carbonyl (C=O) groups is 1. The van der Waals surface area contributed by atoms with Gasteiger partial charge in [0.05, 0.1) is 38.4 Å². The van der Waals surface area contributed by atoms with E-state index in [-0.39, 0.29) is 29.5 Å². The van der Waals surface area contributed by atoms with Crippen LogP contribution in [0.1, 0.15) is 70.7 Å². The quantitative estimate of drug-likeness (QED) is 0.272. The van der Waals surface area contributed by atoms with Crippen molar-refractivity contribution in [3.8, 4) is 23.1 Å². The van der Waals surface area contributed by atoms with Crippen molar-refractivity contribution in [2.75, 3.05) is 38.9 Å². The van der Waals surface area contributed by atoms with Gasteiger partial charge in [-0.3, -0.25) is 14.7 Å². The fourth-order valence-electron chi connectivity index (χ4n) is 5.56. The van der Waals surface area contributed by atoms with Crippen LogP contribution in [0, 0.1) is 5.92 Å². The molecule has 1 saturated carbocycles. The second-order valence-corrected chi connectivity index (χ2v) is 12.5. The Kier molecular flexibility index (Phi) is 10.3. The summed E-state index contributed by atoms with van der Waals surface area (Å²) in [5.74, 6) is 2.47. The van der Waals surface area contributed by atoms with Gasteiger partial charge in [-0.1, -0.05) is 20.8 Å². The molecule has 12 heteroatoms. The molecule has 236 valence electrons. The molecule has 2 fully saturated rings. The zero-order valence-electron chi connectivity index (χ0n) is 26.4. The van der Waals surface area contributed by atoms with Gasteiger partial charge < -0.3 is 18.9 Å². The lowest BCUT2D eigenvalue weighted by Crippen LogP contribution is -2.43. The van der Waals surface area contributed by atoms with E-state index in [4.69, 9.17) is 28.9 Å². The third kappa shape index (κ3) is 7.84. The first-order valence-electron chi connectivity index (χ1n) is 15.4. The molecule has 0 radical (unpaired) electrons. The zero-order valence-corrected chi connectivity index (χ0v) is 26.4. The summed E-state index contributed by atoms with van der Waals surface area (Å²) in [5.41, 5.74) is 2.22. The normalized spacial score (nSPS) is 18.8. The van der Waals surface area contributed by atoms with Crippen LogP contribution in [-0.2, 0) is 26.1 Å². The molecule has 1 saturated heterocycles. The van der Waals surface area contributed by atoms with Gasteiger partial charge in [-0.2, -0.15) is 4.98 Å². The Bertz CT molecular complexity index is 1370. The minimum absolute atomic E-state index is 0.0307. The van der Waals surface area contributed by atoms with E-state index in [1.807, 2.05) is 11.1 Å². The minimum atomic E-state index is -0.126. The summed E-state index contributed by atoms with van der Waals surface area (Å²) in [4.78, 5) is 42.5. The summed E-state index contributed by atoms with van der Waals surface area (Å²) in [5, 5.41) is 0. The van der Waals surface area contributed by atoms with E-state index in [9.17, 15) is 4.79 Å². The van der Waals surface area contributed by atoms with Gasteiger partial charge in [-0.05, 0) is 43.4 Å². The van der Waals surface area contributed by atoms with Crippen LogP contribution in [0.3, 0.4) is 0 Å². The van der Waals surface area contributed by atoms with E-state index >= 15 is 0 Å². The minimum Gasteiger partial charge on any atom is -0.469 e. The van der Waals surface area contributed by atoms with Crippen molar-refractivity contribution in [3.63, 3.8) is 0 Å². The van der Waals surface area contributed by atoms with Crippen LogP contribution < -0.4 is 14.4 Å². The number of anilines is 1. The maximum atomic E-state index is 13.5. The van der Waals surface area contributed by atoms with E-state index in [0.29, 0.717) is 56.0 Å². The molecule has 2 aliphatic rings. The van der Waals surface area contributed by atoms with Crippen molar-refractivity contribution in [1.82, 2.24) is 29.9 Å². The second kappa shape index (κ2) is 14.3. The molecule has 1 aliphatic carbocycles. The highest BCUT2D eigenvalue weighted by Crippen LogP contribution is 2.34. The van der Waals surface area contributed by atoms with Crippen LogP contribution in [0.5, 0.6) is 11.9 Å². The van der Waals surface area contributed by atoms with Crippen molar-refractivity contribution in [3.05, 3.63) is 42.4 Å². The zero-order chi connectivity index (χ0) is 31.1. The molecule has 0 aromatic carbocycles. The molecule has 4 heterocycles. The Hall–Kier alpha value is -3.77. The molecular weight excluding hydrogens is 562 g/mol. The number of ether oxygens (including phenoxy) is 4. The summed E-state index contributed by atoms with van der Waals surface area (Å²) in [6.07, 6.45) is 14.0. The van der Waals surface area contributed by atoms with Crippen LogP contribution in [0.4, 0.5) is 5.82 Å². The van der Waals surface area contributed by atoms with Crippen LogP contribution in [-0.4, -0.2) is 82.0 Å². The van der Waals surface area contributed by atoms with Gasteiger partial charge in [0.15, 0.2) is 5.82 Å². The molecule has 3 aromatic heterocycles. The Balaban J connectivity index is 1.26. The van der Waals surface area contributed by atoms with Gasteiger partial charge in [0.1, 0.15) is 11.9 Å². The largest absolute Gasteiger partial charge is 0.469 e. The molecule has 0 N–H and O–H groups in total. The van der Waals surface area contributed by atoms with Crippen LogP contribution >= 0.6 is 0 Å². The molecule has 1 amide bonds. The van der Waals surface area contributed by atoms with Gasteiger partial charge in [-0.15, -0.1) is 0 Å². The predicted octanol–water partition coefficient (Wildman–Crippen LogP) is 4.37. The number of amides is 1. The topological polar surface area (TPSA) is 135 Å². The second-order valence-electron chi connectivity index (χ2n) is 12.5. The molecule has 0 bridgehead atoms. The average Bonchev–Trinajstić information content (AvgIpc) is 3.00. The molecule has 1 aliphatic heterocycles. The Morgan fingerprint density at radius 1 is 0.955 bits per heavy atom. The first kappa shape index (κ1) is 31.6. The highest BCUT2D eigenvalue weighted by Gasteiger charge is 2.32. The fourth-order valence-corrected chi connectivity index (χ4v) is 5.56. The van der Waals surface area contributed by atoms with Gasteiger partial charge in [0.25, 0.3) is 0 Å². The van der Waals surface area contributed by atoms with E-state index < -0.39 is 0 Å². The number of rotatable bonds is 12. The average molecular weight is 606 g/mol. The number of hydrogen-bond acceptors (Lipinski definition) is 11. The Morgan fingerprint density at radius 3 is 2.30 bits per heavy atom. The van der Waals surface area contributed by atoms with Crippen molar-refractivity contribution in [1.29, 1.82) is 0 Å². The monoisotopic (exact) mass is 605 g/mol. The van der Waals surface area contributed by atoms with Gasteiger partial charge in [0, 0.05) is 62.3 Å². The fraction of sp³-hybridized carbons (Fsp3) is 0.594. The smallest absolute Gasteiger partial charge is 0.316 e. The first-order chi connectivity index (χ1) is 21.2. The van der Waals surface area contributed by atoms with Crippen LogP contribution in [0.2, 0.25) is 0 Å². The number of aromatic nitrogens is 6. The maximum Gasteiger partial charge on any atom is 0.316 e. The molecule has 44 heavy (non-hydrogen) atoms. The lowest BCUT2D eigenvalue weighted by Gasteiger charge is -2.36. The number of carbonyl (C=O) groups excluding carboxylic acids is 1. The highest BCUT2D eigenvalue weighted by atomic mass is 16.6. The molecule has 12 nitrogen and oxygen atoms in total.